The van der Waals surface area contributed by atoms with Crippen LogP contribution >= 0.6 is 24.8 Å². The molecule has 1 saturated heterocycles. The van der Waals surface area contributed by atoms with Crippen LogP contribution in [0.2, 0.25) is 0 Å². The highest BCUT2D eigenvalue weighted by atomic mass is 35.5. The Hall–Kier alpha value is -1.04. The van der Waals surface area contributed by atoms with Gasteiger partial charge in [0.05, 0.1) is 11.9 Å². The van der Waals surface area contributed by atoms with Gasteiger partial charge in [-0.2, -0.15) is 0 Å². The van der Waals surface area contributed by atoms with Crippen LogP contribution in [0.1, 0.15) is 26.2 Å². The Morgan fingerprint density at radius 3 is 2.50 bits per heavy atom. The minimum atomic E-state index is -0.0539. The van der Waals surface area contributed by atoms with E-state index in [1.807, 2.05) is 26.1 Å². The molecular weight excluding hydrogens is 323 g/mol. The van der Waals surface area contributed by atoms with Crippen molar-refractivity contribution in [3.05, 3.63) is 18.3 Å². The summed E-state index contributed by atoms with van der Waals surface area (Å²) in [4.78, 5) is 18.7. The van der Waals surface area contributed by atoms with Crippen molar-refractivity contribution >= 4 is 42.2 Å². The van der Waals surface area contributed by atoms with Gasteiger partial charge in [-0.25, -0.2) is 4.98 Å². The molecule has 2 rings (SSSR count). The number of nitrogens with zero attached hydrogens (tertiary/aromatic N) is 2. The van der Waals surface area contributed by atoms with Crippen molar-refractivity contribution in [2.45, 2.75) is 26.2 Å². The van der Waals surface area contributed by atoms with Gasteiger partial charge in [-0.3, -0.25) is 4.79 Å². The lowest BCUT2D eigenvalue weighted by atomic mass is 10.1. The van der Waals surface area contributed by atoms with E-state index < -0.39 is 0 Å². The Bertz CT molecular complexity index is 436. The van der Waals surface area contributed by atoms with Gasteiger partial charge in [0.2, 0.25) is 5.91 Å². The van der Waals surface area contributed by atoms with Crippen LogP contribution < -0.4 is 15.5 Å². The molecule has 1 atom stereocenters. The molecule has 1 fully saturated rings. The summed E-state index contributed by atoms with van der Waals surface area (Å²) >= 11 is 0. The second-order valence-corrected chi connectivity index (χ2v) is 5.40. The van der Waals surface area contributed by atoms with Crippen LogP contribution in [-0.2, 0) is 4.79 Å². The Kier molecular flexibility index (Phi) is 10.1. The molecule has 0 aromatic carbocycles. The lowest BCUT2D eigenvalue weighted by Crippen LogP contribution is -2.30. The van der Waals surface area contributed by atoms with Gasteiger partial charge >= 0.3 is 0 Å². The number of hydrogen-bond acceptors (Lipinski definition) is 4. The number of nitrogens with one attached hydrogen (secondary N) is 2. The van der Waals surface area contributed by atoms with Crippen LogP contribution in [0, 0.1) is 5.92 Å². The van der Waals surface area contributed by atoms with Crippen LogP contribution in [0.5, 0.6) is 0 Å². The first-order valence-corrected chi connectivity index (χ1v) is 7.37. The SMILES string of the molecule is CNCC(C)C(=O)Nc1ccc(N2CCCCC2)nc1.Cl.Cl. The number of rotatable bonds is 5. The molecule has 2 heterocycles. The van der Waals surface area contributed by atoms with Crippen molar-refractivity contribution in [3.63, 3.8) is 0 Å². The lowest BCUT2D eigenvalue weighted by Gasteiger charge is -2.27. The number of anilines is 2. The molecule has 0 spiro atoms. The maximum atomic E-state index is 11.9. The van der Waals surface area contributed by atoms with E-state index >= 15 is 0 Å². The number of halogens is 2. The van der Waals surface area contributed by atoms with Gasteiger partial charge in [0.15, 0.2) is 0 Å². The van der Waals surface area contributed by atoms with E-state index in [1.54, 1.807) is 6.20 Å². The highest BCUT2D eigenvalue weighted by Gasteiger charge is 2.14. The maximum absolute atomic E-state index is 11.9. The number of carbonyl (C=O) groups is 1. The number of pyridine rings is 1. The summed E-state index contributed by atoms with van der Waals surface area (Å²) in [6.07, 6.45) is 5.53. The van der Waals surface area contributed by atoms with Gasteiger partial charge < -0.3 is 15.5 Å². The molecule has 126 valence electrons. The zero-order valence-corrected chi connectivity index (χ0v) is 14.8. The molecular formula is C15H26Cl2N4O. The van der Waals surface area contributed by atoms with Gasteiger partial charge in [-0.05, 0) is 38.4 Å². The second kappa shape index (κ2) is 10.6. The highest BCUT2D eigenvalue weighted by Crippen LogP contribution is 2.19. The van der Waals surface area contributed by atoms with E-state index in [9.17, 15) is 4.79 Å². The van der Waals surface area contributed by atoms with Crippen molar-refractivity contribution in [3.8, 4) is 0 Å². The summed E-state index contributed by atoms with van der Waals surface area (Å²) in [5.41, 5.74) is 0.763. The third-order valence-electron chi connectivity index (χ3n) is 3.65. The van der Waals surface area contributed by atoms with Crippen molar-refractivity contribution in [2.24, 2.45) is 5.92 Å². The fraction of sp³-hybridized carbons (Fsp3) is 0.600. The third kappa shape index (κ3) is 5.99. The Labute approximate surface area is 145 Å². The lowest BCUT2D eigenvalue weighted by molar-refractivity contribution is -0.119. The molecule has 0 saturated carbocycles. The average Bonchev–Trinajstić information content (AvgIpc) is 2.49. The monoisotopic (exact) mass is 348 g/mol. The molecule has 22 heavy (non-hydrogen) atoms. The topological polar surface area (TPSA) is 57.3 Å². The van der Waals surface area contributed by atoms with Gasteiger partial charge in [0.25, 0.3) is 0 Å². The number of hydrogen-bond donors (Lipinski definition) is 2. The molecule has 1 amide bonds. The first-order chi connectivity index (χ1) is 9.70. The number of aromatic nitrogens is 1. The number of carbonyl (C=O) groups excluding carboxylic acids is 1. The van der Waals surface area contributed by atoms with Crippen LogP contribution in [0.15, 0.2) is 18.3 Å². The smallest absolute Gasteiger partial charge is 0.228 e. The predicted octanol–water partition coefficient (Wildman–Crippen LogP) is 2.71. The molecule has 0 radical (unpaired) electrons. The number of amides is 1. The summed E-state index contributed by atoms with van der Waals surface area (Å²) in [6, 6.07) is 3.92. The van der Waals surface area contributed by atoms with Crippen LogP contribution in [-0.4, -0.2) is 37.6 Å². The molecule has 5 nitrogen and oxygen atoms in total. The summed E-state index contributed by atoms with van der Waals surface area (Å²) in [7, 11) is 1.85. The Balaban J connectivity index is 0.00000220. The molecule has 0 bridgehead atoms. The molecule has 2 N–H and O–H groups in total. The molecule has 7 heteroatoms. The first-order valence-electron chi connectivity index (χ1n) is 7.37. The zero-order chi connectivity index (χ0) is 14.4. The van der Waals surface area contributed by atoms with E-state index in [0.29, 0.717) is 6.54 Å². The predicted molar refractivity (Wildman–Crippen MR) is 96.5 cm³/mol. The molecule has 1 unspecified atom stereocenters. The fourth-order valence-corrected chi connectivity index (χ4v) is 2.43. The summed E-state index contributed by atoms with van der Waals surface area (Å²) < 4.78 is 0. The van der Waals surface area contributed by atoms with E-state index in [0.717, 1.165) is 24.6 Å². The molecule has 1 aliphatic heterocycles. The summed E-state index contributed by atoms with van der Waals surface area (Å²) in [6.45, 7) is 4.74. The van der Waals surface area contributed by atoms with E-state index in [4.69, 9.17) is 0 Å². The van der Waals surface area contributed by atoms with Crippen molar-refractivity contribution < 1.29 is 4.79 Å². The van der Waals surface area contributed by atoms with E-state index in [1.165, 1.54) is 19.3 Å². The van der Waals surface area contributed by atoms with Gasteiger partial charge in [-0.1, -0.05) is 6.92 Å². The first kappa shape index (κ1) is 21.0. The zero-order valence-electron chi connectivity index (χ0n) is 13.2. The Morgan fingerprint density at radius 1 is 1.27 bits per heavy atom. The highest BCUT2D eigenvalue weighted by molar-refractivity contribution is 5.92. The van der Waals surface area contributed by atoms with Crippen LogP contribution in [0.25, 0.3) is 0 Å². The normalized spacial score (nSPS) is 15.3. The standard InChI is InChI=1S/C15H24N4O.2ClH/c1-12(10-16-2)15(20)18-13-6-7-14(17-11-13)19-8-4-3-5-9-19;;/h6-7,11-12,16H,3-5,8-10H2,1-2H3,(H,18,20);2*1H. The minimum absolute atomic E-state index is 0. The van der Waals surface area contributed by atoms with Gasteiger partial charge in [0.1, 0.15) is 5.82 Å². The van der Waals surface area contributed by atoms with Gasteiger partial charge in [-0.15, -0.1) is 24.8 Å². The largest absolute Gasteiger partial charge is 0.357 e. The van der Waals surface area contributed by atoms with Crippen LogP contribution in [0.3, 0.4) is 0 Å². The maximum Gasteiger partial charge on any atom is 0.228 e. The molecule has 0 aliphatic carbocycles. The van der Waals surface area contributed by atoms with Crippen LogP contribution in [0.4, 0.5) is 11.5 Å². The molecule has 1 aromatic rings. The number of piperidine rings is 1. The fourth-order valence-electron chi connectivity index (χ4n) is 2.43. The van der Waals surface area contributed by atoms with E-state index in [-0.39, 0.29) is 36.6 Å². The molecule has 1 aromatic heterocycles. The average molecular weight is 349 g/mol. The quantitative estimate of drug-likeness (QED) is 0.858. The van der Waals surface area contributed by atoms with Crippen molar-refractivity contribution in [1.82, 2.24) is 10.3 Å². The minimum Gasteiger partial charge on any atom is -0.357 e. The summed E-state index contributed by atoms with van der Waals surface area (Å²) in [5.74, 6) is 0.972. The molecule has 1 aliphatic rings. The Morgan fingerprint density at radius 2 is 1.95 bits per heavy atom. The second-order valence-electron chi connectivity index (χ2n) is 5.40. The van der Waals surface area contributed by atoms with Gasteiger partial charge in [0, 0.05) is 25.6 Å². The van der Waals surface area contributed by atoms with Crippen molar-refractivity contribution in [2.75, 3.05) is 36.9 Å². The summed E-state index contributed by atoms with van der Waals surface area (Å²) in [5, 5.41) is 5.90. The van der Waals surface area contributed by atoms with Crippen molar-refractivity contribution in [1.29, 1.82) is 0 Å². The third-order valence-corrected chi connectivity index (χ3v) is 3.65. The van der Waals surface area contributed by atoms with E-state index in [2.05, 4.69) is 20.5 Å².